The summed E-state index contributed by atoms with van der Waals surface area (Å²) in [6, 6.07) is 27.2. The summed E-state index contributed by atoms with van der Waals surface area (Å²) in [6.07, 6.45) is 4.35. The molecule has 2 aliphatic heterocycles. The molecule has 2 atom stereocenters. The molecule has 2 unspecified atom stereocenters. The van der Waals surface area contributed by atoms with Crippen molar-refractivity contribution in [3.63, 3.8) is 0 Å². The monoisotopic (exact) mass is 565 g/mol. The van der Waals surface area contributed by atoms with Crippen LogP contribution in [0.15, 0.2) is 84.4 Å². The number of hydrogen-bond acceptors (Lipinski definition) is 4. The molecule has 2 aliphatic rings. The first-order chi connectivity index (χ1) is 20.4. The van der Waals surface area contributed by atoms with Crippen LogP contribution < -0.4 is 10.1 Å². The molecule has 2 heterocycles. The van der Waals surface area contributed by atoms with Crippen molar-refractivity contribution in [3.05, 3.63) is 107 Å². The summed E-state index contributed by atoms with van der Waals surface area (Å²) in [6.45, 7) is 6.26. The number of fused-ring (bicyclic) bond motifs is 2. The number of benzene rings is 3. The number of amides is 2. The van der Waals surface area contributed by atoms with E-state index in [9.17, 15) is 9.59 Å². The van der Waals surface area contributed by atoms with E-state index in [-0.39, 0.29) is 23.9 Å². The second kappa shape index (κ2) is 13.8. The van der Waals surface area contributed by atoms with Crippen LogP contribution in [0.1, 0.15) is 48.9 Å². The highest BCUT2D eigenvalue weighted by Gasteiger charge is 2.39. The summed E-state index contributed by atoms with van der Waals surface area (Å²) in [4.78, 5) is 30.0. The van der Waals surface area contributed by atoms with E-state index >= 15 is 0 Å². The normalized spacial score (nSPS) is 18.1. The number of aryl methyl sites for hydroxylation is 2. The molecule has 0 spiro atoms. The highest BCUT2D eigenvalue weighted by Crippen LogP contribution is 2.34. The largest absolute Gasteiger partial charge is 0.493 e. The Bertz CT molecular complexity index is 1400. The summed E-state index contributed by atoms with van der Waals surface area (Å²) in [5.74, 6) is 1.08. The molecule has 0 aliphatic carbocycles. The van der Waals surface area contributed by atoms with Crippen molar-refractivity contribution in [1.29, 1.82) is 0 Å². The second-order valence-electron chi connectivity index (χ2n) is 11.5. The van der Waals surface area contributed by atoms with Gasteiger partial charge in [-0.1, -0.05) is 79.7 Å². The minimum atomic E-state index is -0.175. The van der Waals surface area contributed by atoms with Crippen molar-refractivity contribution in [2.45, 2.75) is 58.0 Å². The topological polar surface area (TPSA) is 61.9 Å². The van der Waals surface area contributed by atoms with E-state index in [2.05, 4.69) is 60.8 Å². The van der Waals surface area contributed by atoms with Gasteiger partial charge in [-0.2, -0.15) is 0 Å². The van der Waals surface area contributed by atoms with Crippen molar-refractivity contribution in [2.75, 3.05) is 33.3 Å². The first-order valence-corrected chi connectivity index (χ1v) is 15.3. The number of rotatable bonds is 11. The number of nitrogens with zero attached hydrogens (tertiary/aromatic N) is 2. The third-order valence-electron chi connectivity index (χ3n) is 8.53. The minimum Gasteiger partial charge on any atom is -0.493 e. The Balaban J connectivity index is 1.30. The zero-order valence-electron chi connectivity index (χ0n) is 25.1. The molecule has 6 nitrogen and oxygen atoms in total. The molecular weight excluding hydrogens is 522 g/mol. The van der Waals surface area contributed by atoms with Crippen molar-refractivity contribution >= 4 is 17.4 Å². The summed E-state index contributed by atoms with van der Waals surface area (Å²) in [5, 5.41) is 3.65. The molecule has 3 aromatic carbocycles. The predicted octanol–water partition coefficient (Wildman–Crippen LogP) is 5.31. The van der Waals surface area contributed by atoms with Crippen LogP contribution in [0.2, 0.25) is 0 Å². The van der Waals surface area contributed by atoms with Crippen molar-refractivity contribution in [3.8, 4) is 5.75 Å². The van der Waals surface area contributed by atoms with Crippen molar-refractivity contribution < 1.29 is 14.3 Å². The number of hydrogen-bond donors (Lipinski definition) is 1. The summed E-state index contributed by atoms with van der Waals surface area (Å²) < 4.78 is 6.06. The summed E-state index contributed by atoms with van der Waals surface area (Å²) in [5.41, 5.74) is 6.71. The van der Waals surface area contributed by atoms with Crippen LogP contribution in [0, 0.1) is 0 Å². The summed E-state index contributed by atoms with van der Waals surface area (Å²) >= 11 is 0. The van der Waals surface area contributed by atoms with Gasteiger partial charge in [-0.05, 0) is 66.0 Å². The fraction of sp³-hybridized carbons (Fsp3) is 0.389. The quantitative estimate of drug-likeness (QED) is 0.320. The molecule has 220 valence electrons. The van der Waals surface area contributed by atoms with E-state index in [1.807, 2.05) is 47.2 Å². The number of carbonyl (C=O) groups is 2. The van der Waals surface area contributed by atoms with E-state index in [0.29, 0.717) is 26.2 Å². The Kier molecular flexibility index (Phi) is 9.75. The molecule has 1 saturated heterocycles. The minimum absolute atomic E-state index is 0.0378. The van der Waals surface area contributed by atoms with Gasteiger partial charge in [0.2, 0.25) is 5.91 Å². The fourth-order valence-corrected chi connectivity index (χ4v) is 6.14. The lowest BCUT2D eigenvalue weighted by molar-refractivity contribution is -0.132. The Morgan fingerprint density at radius 1 is 0.929 bits per heavy atom. The maximum Gasteiger partial charge on any atom is 0.251 e. The SMILES string of the molecule is CCc1ccccc1OCCCc1ccc(C2=C(C(=O)N(C)CCc3ccccc3)C3CN(C(C)=O)CC(C2)N3)cc1. The third kappa shape index (κ3) is 7.11. The molecule has 2 amide bonds. The fourth-order valence-electron chi connectivity index (χ4n) is 6.14. The van der Waals surface area contributed by atoms with E-state index in [1.54, 1.807) is 6.92 Å². The number of para-hydroxylation sites is 1. The van der Waals surface area contributed by atoms with Gasteiger partial charge in [0.05, 0.1) is 12.6 Å². The van der Waals surface area contributed by atoms with Crippen LogP contribution in [0.5, 0.6) is 5.75 Å². The average molecular weight is 566 g/mol. The number of likely N-dealkylation sites (N-methyl/N-ethyl adjacent to an activating group) is 1. The van der Waals surface area contributed by atoms with Gasteiger partial charge >= 0.3 is 0 Å². The molecule has 0 aromatic heterocycles. The Hall–Kier alpha value is -3.90. The molecule has 2 bridgehead atoms. The lowest BCUT2D eigenvalue weighted by Crippen LogP contribution is -2.61. The van der Waals surface area contributed by atoms with Crippen LogP contribution in [-0.4, -0.2) is 67.0 Å². The van der Waals surface area contributed by atoms with Crippen LogP contribution in [0.3, 0.4) is 0 Å². The lowest BCUT2D eigenvalue weighted by atomic mass is 9.82. The zero-order chi connectivity index (χ0) is 29.5. The first kappa shape index (κ1) is 29.6. The Labute approximate surface area is 250 Å². The highest BCUT2D eigenvalue weighted by atomic mass is 16.5. The van der Waals surface area contributed by atoms with E-state index in [0.717, 1.165) is 54.6 Å². The smallest absolute Gasteiger partial charge is 0.251 e. The maximum atomic E-state index is 14.0. The molecular formula is C36H43N3O3. The number of carbonyl (C=O) groups excluding carboxylic acids is 2. The van der Waals surface area contributed by atoms with Gasteiger partial charge in [0, 0.05) is 45.2 Å². The molecule has 0 saturated carbocycles. The Morgan fingerprint density at radius 3 is 2.38 bits per heavy atom. The van der Waals surface area contributed by atoms with Crippen LogP contribution in [0.25, 0.3) is 5.57 Å². The molecule has 6 heteroatoms. The molecule has 1 fully saturated rings. The van der Waals surface area contributed by atoms with Gasteiger partial charge in [-0.15, -0.1) is 0 Å². The number of piperazine rings is 1. The molecule has 3 aromatic rings. The van der Waals surface area contributed by atoms with Gasteiger partial charge in [-0.3, -0.25) is 9.59 Å². The first-order valence-electron chi connectivity index (χ1n) is 15.3. The van der Waals surface area contributed by atoms with E-state index in [1.165, 1.54) is 16.7 Å². The van der Waals surface area contributed by atoms with Gasteiger partial charge in [0.1, 0.15) is 5.75 Å². The van der Waals surface area contributed by atoms with Gasteiger partial charge < -0.3 is 19.9 Å². The predicted molar refractivity (Wildman–Crippen MR) is 168 cm³/mol. The second-order valence-corrected chi connectivity index (χ2v) is 11.5. The lowest BCUT2D eigenvalue weighted by Gasteiger charge is -2.44. The third-order valence-corrected chi connectivity index (χ3v) is 8.53. The zero-order valence-corrected chi connectivity index (χ0v) is 25.1. The van der Waals surface area contributed by atoms with Crippen LogP contribution in [-0.2, 0) is 28.9 Å². The van der Waals surface area contributed by atoms with Crippen LogP contribution >= 0.6 is 0 Å². The highest BCUT2D eigenvalue weighted by molar-refractivity contribution is 6.03. The van der Waals surface area contributed by atoms with Crippen LogP contribution in [0.4, 0.5) is 0 Å². The average Bonchev–Trinajstić information content (AvgIpc) is 3.02. The standard InChI is InChI=1S/C36H43N3O3/c1-4-29-14-8-9-15-34(29)42-22-10-13-28-16-18-30(19-17-28)32-23-31-24-39(26(2)40)25-33(37-31)35(32)36(41)38(3)21-20-27-11-6-5-7-12-27/h5-9,11-12,14-19,31,33,37H,4,10,13,20-25H2,1-3H3. The molecule has 0 radical (unpaired) electrons. The van der Waals surface area contributed by atoms with E-state index in [4.69, 9.17) is 4.74 Å². The maximum absolute atomic E-state index is 14.0. The number of ether oxygens (including phenoxy) is 1. The molecule has 42 heavy (non-hydrogen) atoms. The summed E-state index contributed by atoms with van der Waals surface area (Å²) in [7, 11) is 1.89. The molecule has 1 N–H and O–H groups in total. The number of nitrogens with one attached hydrogen (secondary N) is 1. The van der Waals surface area contributed by atoms with E-state index < -0.39 is 0 Å². The van der Waals surface area contributed by atoms with Gasteiger partial charge in [-0.25, -0.2) is 0 Å². The van der Waals surface area contributed by atoms with Gasteiger partial charge in [0.15, 0.2) is 0 Å². The van der Waals surface area contributed by atoms with Gasteiger partial charge in [0.25, 0.3) is 5.91 Å². The van der Waals surface area contributed by atoms with Crippen molar-refractivity contribution in [2.24, 2.45) is 0 Å². The molecule has 5 rings (SSSR count). The Morgan fingerprint density at radius 2 is 1.64 bits per heavy atom. The van der Waals surface area contributed by atoms with Crippen molar-refractivity contribution in [1.82, 2.24) is 15.1 Å².